The second kappa shape index (κ2) is 8.07. The Kier molecular flexibility index (Phi) is 6.62. The van der Waals surface area contributed by atoms with Crippen molar-refractivity contribution in [1.82, 2.24) is 9.78 Å². The van der Waals surface area contributed by atoms with Crippen molar-refractivity contribution in [3.05, 3.63) is 18.0 Å². The summed E-state index contributed by atoms with van der Waals surface area (Å²) in [5.74, 6) is 0.335. The number of hydrogen-bond donors (Lipinski definition) is 0. The third kappa shape index (κ3) is 6.18. The third-order valence-electron chi connectivity index (χ3n) is 5.91. The maximum atomic E-state index is 12.2. The Balaban J connectivity index is 1.85. The molecule has 0 aliphatic heterocycles. The molecule has 1 aromatic heterocycles. The monoisotopic (exact) mass is 394 g/mol. The van der Waals surface area contributed by atoms with E-state index in [4.69, 9.17) is 9.16 Å². The lowest BCUT2D eigenvalue weighted by Crippen LogP contribution is -2.42. The summed E-state index contributed by atoms with van der Waals surface area (Å²) in [5, 5.41) is 4.69. The Bertz CT molecular complexity index is 633. The Hall–Kier alpha value is -1.14. The number of aromatic nitrogens is 2. The molecule has 154 valence electrons. The number of hydrogen-bond acceptors (Lipinski definition) is 4. The van der Waals surface area contributed by atoms with E-state index in [0.717, 1.165) is 32.3 Å². The topological polar surface area (TPSA) is 53.3 Å². The van der Waals surface area contributed by atoms with E-state index in [1.54, 1.807) is 6.20 Å². The Labute approximate surface area is 165 Å². The molecule has 1 heterocycles. The first-order valence-corrected chi connectivity index (χ1v) is 13.1. The van der Waals surface area contributed by atoms with Gasteiger partial charge in [0.15, 0.2) is 8.32 Å². The fourth-order valence-corrected chi connectivity index (χ4v) is 4.18. The molecule has 1 aliphatic rings. The Morgan fingerprint density at radius 3 is 2.26 bits per heavy atom. The van der Waals surface area contributed by atoms with Crippen molar-refractivity contribution in [2.45, 2.75) is 97.0 Å². The van der Waals surface area contributed by atoms with Crippen LogP contribution in [0.1, 0.15) is 83.6 Å². The van der Waals surface area contributed by atoms with Crippen molar-refractivity contribution < 1.29 is 14.0 Å². The van der Waals surface area contributed by atoms with Gasteiger partial charge in [0.2, 0.25) is 0 Å². The highest BCUT2D eigenvalue weighted by Gasteiger charge is 2.38. The van der Waals surface area contributed by atoms with Gasteiger partial charge in [-0.15, -0.1) is 0 Å². The second-order valence-corrected chi connectivity index (χ2v) is 15.3. The highest BCUT2D eigenvalue weighted by Crippen LogP contribution is 2.38. The second-order valence-electron chi connectivity index (χ2n) is 10.5. The molecule has 0 spiro atoms. The van der Waals surface area contributed by atoms with Crippen LogP contribution in [0.2, 0.25) is 18.1 Å². The summed E-state index contributed by atoms with van der Waals surface area (Å²) in [6.45, 7) is 18.0. The minimum atomic E-state index is -1.67. The van der Waals surface area contributed by atoms with E-state index < -0.39 is 13.9 Å². The van der Waals surface area contributed by atoms with Crippen molar-refractivity contribution in [3.8, 4) is 0 Å². The molecule has 1 aromatic rings. The molecule has 0 aromatic carbocycles. The first-order chi connectivity index (χ1) is 12.3. The average Bonchev–Trinajstić information content (AvgIpc) is 3.01. The SMILES string of the molecule is CC(C)(C)OC(=O)c1cnn(C2CCC(CO[Si](C)(C)C(C)(C)C)CC2)c1. The molecule has 1 fully saturated rings. The zero-order chi connectivity index (χ0) is 20.5. The Morgan fingerprint density at radius 2 is 1.74 bits per heavy atom. The number of rotatable bonds is 5. The number of esters is 1. The predicted octanol–water partition coefficient (Wildman–Crippen LogP) is 5.59. The highest BCUT2D eigenvalue weighted by atomic mass is 28.4. The van der Waals surface area contributed by atoms with Crippen molar-refractivity contribution in [2.24, 2.45) is 5.92 Å². The van der Waals surface area contributed by atoms with Crippen LogP contribution >= 0.6 is 0 Å². The minimum Gasteiger partial charge on any atom is -0.456 e. The van der Waals surface area contributed by atoms with Crippen LogP contribution in [0, 0.1) is 5.92 Å². The first kappa shape index (κ1) is 22.1. The van der Waals surface area contributed by atoms with Crippen molar-refractivity contribution in [2.75, 3.05) is 6.61 Å². The van der Waals surface area contributed by atoms with E-state index in [1.165, 1.54) is 0 Å². The normalized spacial score (nSPS) is 21.9. The predicted molar refractivity (Wildman–Crippen MR) is 112 cm³/mol. The molecule has 5 nitrogen and oxygen atoms in total. The molecule has 0 atom stereocenters. The molecule has 0 saturated heterocycles. The van der Waals surface area contributed by atoms with Gasteiger partial charge in [-0.3, -0.25) is 4.68 Å². The average molecular weight is 395 g/mol. The summed E-state index contributed by atoms with van der Waals surface area (Å²) >= 11 is 0. The number of carbonyl (C=O) groups excluding carboxylic acids is 1. The minimum absolute atomic E-state index is 0.261. The standard InChI is InChI=1S/C21H38N2O3Si/c1-20(2,3)26-19(24)17-13-22-23(14-17)18-11-9-16(10-12-18)15-25-27(7,8)21(4,5)6/h13-14,16,18H,9-12,15H2,1-8H3. The molecule has 6 heteroatoms. The molecule has 0 radical (unpaired) electrons. The molecular weight excluding hydrogens is 356 g/mol. The largest absolute Gasteiger partial charge is 0.456 e. The summed E-state index contributed by atoms with van der Waals surface area (Å²) in [7, 11) is -1.67. The van der Waals surface area contributed by atoms with E-state index in [-0.39, 0.29) is 11.0 Å². The zero-order valence-corrected chi connectivity index (χ0v) is 19.5. The number of carbonyl (C=O) groups is 1. The maximum absolute atomic E-state index is 12.2. The molecule has 27 heavy (non-hydrogen) atoms. The summed E-state index contributed by atoms with van der Waals surface area (Å²) in [4.78, 5) is 12.2. The van der Waals surface area contributed by atoms with Crippen LogP contribution in [0.3, 0.4) is 0 Å². The lowest BCUT2D eigenvalue weighted by atomic mass is 9.87. The summed E-state index contributed by atoms with van der Waals surface area (Å²) in [5.41, 5.74) is 0.0507. The van der Waals surface area contributed by atoms with Crippen LogP contribution in [0.25, 0.3) is 0 Å². The van der Waals surface area contributed by atoms with E-state index in [2.05, 4.69) is 39.0 Å². The van der Waals surface area contributed by atoms with Crippen molar-refractivity contribution in [3.63, 3.8) is 0 Å². The third-order valence-corrected chi connectivity index (χ3v) is 10.4. The van der Waals surface area contributed by atoms with Gasteiger partial charge in [0, 0.05) is 12.8 Å². The lowest BCUT2D eigenvalue weighted by molar-refractivity contribution is 0.00693. The molecule has 0 bridgehead atoms. The number of nitrogens with zero attached hydrogens (tertiary/aromatic N) is 2. The van der Waals surface area contributed by atoms with Gasteiger partial charge < -0.3 is 9.16 Å². The zero-order valence-electron chi connectivity index (χ0n) is 18.5. The fraction of sp³-hybridized carbons (Fsp3) is 0.810. The smallest absolute Gasteiger partial charge is 0.341 e. The van der Waals surface area contributed by atoms with Crippen LogP contribution in [-0.4, -0.2) is 36.3 Å². The van der Waals surface area contributed by atoms with Crippen molar-refractivity contribution in [1.29, 1.82) is 0 Å². The molecule has 0 unspecified atom stereocenters. The van der Waals surface area contributed by atoms with E-state index in [0.29, 0.717) is 17.5 Å². The lowest BCUT2D eigenvalue weighted by Gasteiger charge is -2.38. The summed E-state index contributed by atoms with van der Waals surface area (Å²) < 4.78 is 13.8. The molecule has 1 saturated carbocycles. The van der Waals surface area contributed by atoms with Gasteiger partial charge in [-0.25, -0.2) is 4.79 Å². The Morgan fingerprint density at radius 1 is 1.15 bits per heavy atom. The van der Waals surface area contributed by atoms with E-state index in [1.807, 2.05) is 31.6 Å². The quantitative estimate of drug-likeness (QED) is 0.482. The van der Waals surface area contributed by atoms with Crippen LogP contribution in [0.15, 0.2) is 12.4 Å². The van der Waals surface area contributed by atoms with Crippen LogP contribution in [0.4, 0.5) is 0 Å². The van der Waals surface area contributed by atoms with Gasteiger partial charge in [0.05, 0.1) is 17.8 Å². The van der Waals surface area contributed by atoms with Crippen LogP contribution in [-0.2, 0) is 9.16 Å². The van der Waals surface area contributed by atoms with Crippen molar-refractivity contribution >= 4 is 14.3 Å². The summed E-state index contributed by atoms with van der Waals surface area (Å²) in [6.07, 6.45) is 7.94. The molecule has 1 aliphatic carbocycles. The fourth-order valence-electron chi connectivity index (χ4n) is 3.10. The molecule has 2 rings (SSSR count). The maximum Gasteiger partial charge on any atom is 0.341 e. The van der Waals surface area contributed by atoms with Gasteiger partial charge in [-0.05, 0) is 70.5 Å². The van der Waals surface area contributed by atoms with Gasteiger partial charge in [0.1, 0.15) is 5.60 Å². The van der Waals surface area contributed by atoms with E-state index >= 15 is 0 Å². The van der Waals surface area contributed by atoms with E-state index in [9.17, 15) is 4.79 Å². The van der Waals surface area contributed by atoms with Gasteiger partial charge in [-0.2, -0.15) is 5.10 Å². The molecule has 0 amide bonds. The van der Waals surface area contributed by atoms with Gasteiger partial charge >= 0.3 is 5.97 Å². The van der Waals surface area contributed by atoms with Crippen LogP contribution < -0.4 is 0 Å². The van der Waals surface area contributed by atoms with Gasteiger partial charge in [0.25, 0.3) is 0 Å². The molecule has 0 N–H and O–H groups in total. The summed E-state index contributed by atoms with van der Waals surface area (Å²) in [6, 6.07) is 0.366. The molecular formula is C21H38N2O3Si. The van der Waals surface area contributed by atoms with Gasteiger partial charge in [-0.1, -0.05) is 20.8 Å². The first-order valence-electron chi connectivity index (χ1n) is 10.2. The highest BCUT2D eigenvalue weighted by molar-refractivity contribution is 6.74. The number of ether oxygens (including phenoxy) is 1. The van der Waals surface area contributed by atoms with Crippen LogP contribution in [0.5, 0.6) is 0 Å².